The minimum Gasteiger partial charge on any atom is -0.497 e. The second-order valence-electron chi connectivity index (χ2n) is 4.07. The molecule has 1 aromatic carbocycles. The lowest BCUT2D eigenvalue weighted by molar-refractivity contribution is 0.0981. The van der Waals surface area contributed by atoms with Gasteiger partial charge in [0.25, 0.3) is 0 Å². The van der Waals surface area contributed by atoms with E-state index >= 15 is 0 Å². The largest absolute Gasteiger partial charge is 0.497 e. The summed E-state index contributed by atoms with van der Waals surface area (Å²) < 4.78 is 18.7. The number of carbonyl (C=O) groups excluding carboxylic acids is 1. The molecule has 2 rings (SSSR count). The van der Waals surface area contributed by atoms with Crippen molar-refractivity contribution in [2.75, 3.05) is 12.9 Å². The average molecular weight is 254 g/mol. The van der Waals surface area contributed by atoms with Crippen molar-refractivity contribution < 1.29 is 13.9 Å². The van der Waals surface area contributed by atoms with Gasteiger partial charge in [-0.05, 0) is 30.7 Å². The summed E-state index contributed by atoms with van der Waals surface area (Å²) in [6.07, 6.45) is 3.07. The van der Waals surface area contributed by atoms with E-state index in [1.807, 2.05) is 0 Å². The summed E-state index contributed by atoms with van der Waals surface area (Å²) in [5.74, 6) is 0.861. The van der Waals surface area contributed by atoms with E-state index in [0.29, 0.717) is 5.75 Å². The molecule has 1 saturated heterocycles. The molecular formula is C13H15FO2S. The fourth-order valence-corrected chi connectivity index (χ4v) is 3.21. The van der Waals surface area contributed by atoms with Gasteiger partial charge in [0.1, 0.15) is 11.6 Å². The first-order valence-electron chi connectivity index (χ1n) is 5.71. The van der Waals surface area contributed by atoms with Gasteiger partial charge in [-0.15, -0.1) is 0 Å². The maximum Gasteiger partial charge on any atom is 0.178 e. The highest BCUT2D eigenvalue weighted by atomic mass is 32.2. The second kappa shape index (κ2) is 5.54. The standard InChI is InChI=1S/C13H15FO2S/c1-16-9-5-6-10(11(14)8-9)13(15)12-4-2-3-7-17-12/h5-6,8,12H,2-4,7H2,1H3. The van der Waals surface area contributed by atoms with Gasteiger partial charge in [0.15, 0.2) is 5.78 Å². The Morgan fingerprint density at radius 2 is 2.29 bits per heavy atom. The number of rotatable bonds is 3. The van der Waals surface area contributed by atoms with Crippen LogP contribution in [0.15, 0.2) is 18.2 Å². The summed E-state index contributed by atoms with van der Waals surface area (Å²) >= 11 is 1.64. The van der Waals surface area contributed by atoms with Crippen molar-refractivity contribution in [3.63, 3.8) is 0 Å². The van der Waals surface area contributed by atoms with E-state index in [1.165, 1.54) is 19.2 Å². The number of ether oxygens (including phenoxy) is 1. The number of halogens is 1. The van der Waals surface area contributed by atoms with Gasteiger partial charge in [-0.2, -0.15) is 11.8 Å². The van der Waals surface area contributed by atoms with Crippen LogP contribution in [0, 0.1) is 5.82 Å². The quantitative estimate of drug-likeness (QED) is 0.774. The summed E-state index contributed by atoms with van der Waals surface area (Å²) in [4.78, 5) is 12.1. The van der Waals surface area contributed by atoms with Crippen molar-refractivity contribution in [1.82, 2.24) is 0 Å². The summed E-state index contributed by atoms with van der Waals surface area (Å²) in [6.45, 7) is 0. The smallest absolute Gasteiger partial charge is 0.178 e. The van der Waals surface area contributed by atoms with Gasteiger partial charge >= 0.3 is 0 Å². The maximum absolute atomic E-state index is 13.7. The molecule has 1 aromatic rings. The molecule has 2 nitrogen and oxygen atoms in total. The molecular weight excluding hydrogens is 239 g/mol. The van der Waals surface area contributed by atoms with Crippen LogP contribution in [0.3, 0.4) is 0 Å². The molecule has 0 bridgehead atoms. The Morgan fingerprint density at radius 3 is 2.88 bits per heavy atom. The van der Waals surface area contributed by atoms with E-state index < -0.39 is 5.82 Å². The molecule has 1 aliphatic rings. The number of Topliss-reactive ketones (excluding diaryl/α,β-unsaturated/α-hetero) is 1. The highest BCUT2D eigenvalue weighted by molar-refractivity contribution is 8.00. The van der Waals surface area contributed by atoms with Crippen LogP contribution in [0.4, 0.5) is 4.39 Å². The molecule has 0 N–H and O–H groups in total. The molecule has 1 aliphatic heterocycles. The molecule has 17 heavy (non-hydrogen) atoms. The van der Waals surface area contributed by atoms with E-state index in [9.17, 15) is 9.18 Å². The first-order valence-corrected chi connectivity index (χ1v) is 6.76. The van der Waals surface area contributed by atoms with Crippen LogP contribution in [0.1, 0.15) is 29.6 Å². The minimum atomic E-state index is -0.486. The number of methoxy groups -OCH3 is 1. The molecule has 0 saturated carbocycles. The normalized spacial score (nSPS) is 20.0. The molecule has 1 atom stereocenters. The van der Waals surface area contributed by atoms with Crippen molar-refractivity contribution >= 4 is 17.5 Å². The lowest BCUT2D eigenvalue weighted by atomic mass is 10.0. The zero-order valence-corrected chi connectivity index (χ0v) is 10.6. The topological polar surface area (TPSA) is 26.3 Å². The number of thioether (sulfide) groups is 1. The van der Waals surface area contributed by atoms with Crippen LogP contribution in [-0.4, -0.2) is 23.9 Å². The van der Waals surface area contributed by atoms with Crippen molar-refractivity contribution in [3.05, 3.63) is 29.6 Å². The lowest BCUT2D eigenvalue weighted by Crippen LogP contribution is -2.22. The number of ketones is 1. The van der Waals surface area contributed by atoms with Gasteiger partial charge in [0, 0.05) is 6.07 Å². The van der Waals surface area contributed by atoms with Gasteiger partial charge in [0.05, 0.1) is 17.9 Å². The predicted octanol–water partition coefficient (Wildman–Crippen LogP) is 3.30. The van der Waals surface area contributed by atoms with Crippen molar-refractivity contribution in [2.45, 2.75) is 24.5 Å². The van der Waals surface area contributed by atoms with Crippen molar-refractivity contribution in [3.8, 4) is 5.75 Å². The minimum absolute atomic E-state index is 0.0772. The van der Waals surface area contributed by atoms with E-state index in [-0.39, 0.29) is 16.6 Å². The zero-order chi connectivity index (χ0) is 12.3. The summed E-state index contributed by atoms with van der Waals surface area (Å²) in [7, 11) is 1.48. The SMILES string of the molecule is COc1ccc(C(=O)C2CCCCS2)c(F)c1. The van der Waals surface area contributed by atoms with Crippen LogP contribution in [-0.2, 0) is 0 Å². The highest BCUT2D eigenvalue weighted by Crippen LogP contribution is 2.29. The molecule has 4 heteroatoms. The monoisotopic (exact) mass is 254 g/mol. The van der Waals surface area contributed by atoms with Crippen LogP contribution >= 0.6 is 11.8 Å². The first kappa shape index (κ1) is 12.4. The Bertz CT molecular complexity index is 414. The Labute approximate surface area is 105 Å². The molecule has 1 heterocycles. The summed E-state index contributed by atoms with van der Waals surface area (Å²) in [6, 6.07) is 4.41. The fraction of sp³-hybridized carbons (Fsp3) is 0.462. The third-order valence-electron chi connectivity index (χ3n) is 2.91. The third-order valence-corrected chi connectivity index (χ3v) is 4.29. The van der Waals surface area contributed by atoms with Crippen molar-refractivity contribution in [1.29, 1.82) is 0 Å². The summed E-state index contributed by atoms with van der Waals surface area (Å²) in [5.41, 5.74) is 0.185. The maximum atomic E-state index is 13.7. The Kier molecular flexibility index (Phi) is 4.05. The summed E-state index contributed by atoms with van der Waals surface area (Å²) in [5, 5.41) is -0.0772. The average Bonchev–Trinajstić information content (AvgIpc) is 2.39. The molecule has 0 aliphatic carbocycles. The van der Waals surface area contributed by atoms with Gasteiger partial charge in [-0.25, -0.2) is 4.39 Å². The molecule has 0 radical (unpaired) electrons. The highest BCUT2D eigenvalue weighted by Gasteiger charge is 2.25. The lowest BCUT2D eigenvalue weighted by Gasteiger charge is -2.20. The number of carbonyl (C=O) groups is 1. The molecule has 92 valence electrons. The van der Waals surface area contributed by atoms with Crippen LogP contribution in [0.25, 0.3) is 0 Å². The van der Waals surface area contributed by atoms with Gasteiger partial charge in [-0.1, -0.05) is 6.42 Å². The molecule has 1 fully saturated rings. The van der Waals surface area contributed by atoms with Crippen LogP contribution in [0.5, 0.6) is 5.75 Å². The van der Waals surface area contributed by atoms with Crippen LogP contribution in [0.2, 0.25) is 0 Å². The number of hydrogen-bond donors (Lipinski definition) is 0. The fourth-order valence-electron chi connectivity index (χ4n) is 1.94. The molecule has 0 spiro atoms. The van der Waals surface area contributed by atoms with Gasteiger partial charge in [-0.3, -0.25) is 4.79 Å². The van der Waals surface area contributed by atoms with E-state index in [4.69, 9.17) is 4.74 Å². The second-order valence-corrected chi connectivity index (χ2v) is 5.38. The van der Waals surface area contributed by atoms with Gasteiger partial charge < -0.3 is 4.74 Å². The first-order chi connectivity index (χ1) is 8.22. The molecule has 0 aromatic heterocycles. The molecule has 1 unspecified atom stereocenters. The van der Waals surface area contributed by atoms with E-state index in [0.717, 1.165) is 25.0 Å². The van der Waals surface area contributed by atoms with Crippen LogP contribution < -0.4 is 4.74 Å². The van der Waals surface area contributed by atoms with E-state index in [1.54, 1.807) is 17.8 Å². The number of hydrogen-bond acceptors (Lipinski definition) is 3. The van der Waals surface area contributed by atoms with Crippen molar-refractivity contribution in [2.24, 2.45) is 0 Å². The Morgan fingerprint density at radius 1 is 1.47 bits per heavy atom. The van der Waals surface area contributed by atoms with Gasteiger partial charge in [0.2, 0.25) is 0 Å². The number of benzene rings is 1. The Balaban J connectivity index is 2.18. The predicted molar refractivity (Wildman–Crippen MR) is 67.4 cm³/mol. The third kappa shape index (κ3) is 2.80. The van der Waals surface area contributed by atoms with E-state index in [2.05, 4.69) is 0 Å². The Hall–Kier alpha value is -1.03. The zero-order valence-electron chi connectivity index (χ0n) is 9.74. The molecule has 0 amide bonds.